The molecule has 0 spiro atoms. The minimum Gasteiger partial charge on any atom is -0.151 e. The topological polar surface area (TPSA) is 24.7 Å². The summed E-state index contributed by atoms with van der Waals surface area (Å²) in [5, 5.41) is 8.69. The van der Waals surface area contributed by atoms with Gasteiger partial charge in [0.1, 0.15) is 0 Å². The Balaban J connectivity index is 1.91. The lowest BCUT2D eigenvalue weighted by molar-refractivity contribution is 1.10. The molecular weight excluding hydrogens is 288 g/mol. The zero-order valence-electron chi connectivity index (χ0n) is 9.88. The van der Waals surface area contributed by atoms with E-state index in [9.17, 15) is 0 Å². The number of nitrogens with zero attached hydrogens (tertiary/aromatic N) is 2. The summed E-state index contributed by atoms with van der Waals surface area (Å²) in [6.07, 6.45) is 2.55. The Bertz CT molecular complexity index is 574. The third kappa shape index (κ3) is 2.67. The lowest BCUT2D eigenvalue weighted by Gasteiger charge is -2.03. The maximum Gasteiger partial charge on any atom is 0.0903 e. The molecule has 2 nitrogen and oxygen atoms in total. The molecule has 0 atom stereocenters. The molecular formula is C15H13BrN2. The molecule has 0 N–H and O–H groups in total. The van der Waals surface area contributed by atoms with E-state index in [4.69, 9.17) is 0 Å². The fraction of sp³-hybridized carbons (Fsp3) is 0.200. The standard InChI is InChI=1S/C15H13BrN2/c16-12-8-9-14(11-6-7-11)15(10-12)18-17-13-4-2-1-3-5-13/h1-5,8-11H,6-7H2. The van der Waals surface area contributed by atoms with Crippen LogP contribution in [0.1, 0.15) is 24.3 Å². The monoisotopic (exact) mass is 300 g/mol. The second kappa shape index (κ2) is 5.02. The van der Waals surface area contributed by atoms with Crippen molar-refractivity contribution in [2.75, 3.05) is 0 Å². The zero-order chi connectivity index (χ0) is 12.4. The summed E-state index contributed by atoms with van der Waals surface area (Å²) in [6, 6.07) is 16.1. The van der Waals surface area contributed by atoms with Crippen molar-refractivity contribution >= 4 is 27.3 Å². The van der Waals surface area contributed by atoms with E-state index in [1.54, 1.807) is 0 Å². The Morgan fingerprint density at radius 3 is 2.44 bits per heavy atom. The highest BCUT2D eigenvalue weighted by molar-refractivity contribution is 9.10. The van der Waals surface area contributed by atoms with Gasteiger partial charge in [-0.3, -0.25) is 0 Å². The first-order valence-corrected chi connectivity index (χ1v) is 6.88. The van der Waals surface area contributed by atoms with Gasteiger partial charge in [0.25, 0.3) is 0 Å². The predicted octanol–water partition coefficient (Wildman–Crippen LogP) is 5.74. The minimum atomic E-state index is 0.683. The Morgan fingerprint density at radius 2 is 1.72 bits per heavy atom. The lowest BCUT2D eigenvalue weighted by Crippen LogP contribution is -1.80. The molecule has 0 radical (unpaired) electrons. The van der Waals surface area contributed by atoms with Crippen molar-refractivity contribution in [3.05, 3.63) is 58.6 Å². The Morgan fingerprint density at radius 1 is 0.944 bits per heavy atom. The zero-order valence-corrected chi connectivity index (χ0v) is 11.5. The van der Waals surface area contributed by atoms with E-state index >= 15 is 0 Å². The number of benzene rings is 2. The van der Waals surface area contributed by atoms with Gasteiger partial charge in [-0.1, -0.05) is 40.2 Å². The third-order valence-corrected chi connectivity index (χ3v) is 3.53. The molecule has 90 valence electrons. The van der Waals surface area contributed by atoms with Gasteiger partial charge in [0.05, 0.1) is 11.4 Å². The molecule has 0 unspecified atom stereocenters. The molecule has 0 amide bonds. The fourth-order valence-corrected chi connectivity index (χ4v) is 2.30. The van der Waals surface area contributed by atoms with Crippen LogP contribution in [0.2, 0.25) is 0 Å². The molecule has 1 saturated carbocycles. The molecule has 1 fully saturated rings. The first-order chi connectivity index (χ1) is 8.83. The molecule has 2 aromatic carbocycles. The first kappa shape index (κ1) is 11.6. The normalized spacial score (nSPS) is 15.2. The smallest absolute Gasteiger partial charge is 0.0903 e. The Labute approximate surface area is 115 Å². The van der Waals surface area contributed by atoms with Gasteiger partial charge in [0, 0.05) is 4.47 Å². The highest BCUT2D eigenvalue weighted by Crippen LogP contribution is 2.45. The predicted molar refractivity (Wildman–Crippen MR) is 76.7 cm³/mol. The number of azo groups is 1. The van der Waals surface area contributed by atoms with Gasteiger partial charge in [-0.2, -0.15) is 10.2 Å². The summed E-state index contributed by atoms with van der Waals surface area (Å²) >= 11 is 3.49. The second-order valence-corrected chi connectivity index (χ2v) is 5.43. The van der Waals surface area contributed by atoms with Crippen molar-refractivity contribution in [1.82, 2.24) is 0 Å². The van der Waals surface area contributed by atoms with Crippen molar-refractivity contribution in [2.45, 2.75) is 18.8 Å². The number of hydrogen-bond acceptors (Lipinski definition) is 2. The van der Waals surface area contributed by atoms with E-state index in [1.807, 2.05) is 36.4 Å². The molecule has 0 aliphatic heterocycles. The third-order valence-electron chi connectivity index (χ3n) is 3.04. The van der Waals surface area contributed by atoms with Gasteiger partial charge in [0.15, 0.2) is 0 Å². The van der Waals surface area contributed by atoms with Crippen LogP contribution in [0.4, 0.5) is 11.4 Å². The summed E-state index contributed by atoms with van der Waals surface area (Å²) in [6.45, 7) is 0. The SMILES string of the molecule is Brc1ccc(C2CC2)c(N=Nc2ccccc2)c1. The van der Waals surface area contributed by atoms with Gasteiger partial charge >= 0.3 is 0 Å². The van der Waals surface area contributed by atoms with Gasteiger partial charge < -0.3 is 0 Å². The summed E-state index contributed by atoms with van der Waals surface area (Å²) in [4.78, 5) is 0. The van der Waals surface area contributed by atoms with Crippen LogP contribution in [-0.2, 0) is 0 Å². The van der Waals surface area contributed by atoms with Crippen molar-refractivity contribution in [3.63, 3.8) is 0 Å². The van der Waals surface area contributed by atoms with Gasteiger partial charge in [-0.15, -0.1) is 0 Å². The Hall–Kier alpha value is -1.48. The molecule has 0 aromatic heterocycles. The molecule has 1 aliphatic carbocycles. The molecule has 1 aliphatic rings. The van der Waals surface area contributed by atoms with E-state index in [1.165, 1.54) is 18.4 Å². The summed E-state index contributed by atoms with van der Waals surface area (Å²) in [7, 11) is 0. The Kier molecular flexibility index (Phi) is 3.24. The summed E-state index contributed by atoms with van der Waals surface area (Å²) < 4.78 is 1.05. The van der Waals surface area contributed by atoms with E-state index in [0.29, 0.717) is 5.92 Å². The highest BCUT2D eigenvalue weighted by atomic mass is 79.9. The molecule has 3 rings (SSSR count). The number of rotatable bonds is 3. The van der Waals surface area contributed by atoms with Crippen LogP contribution in [0.15, 0.2) is 63.2 Å². The van der Waals surface area contributed by atoms with E-state index in [2.05, 4.69) is 38.3 Å². The van der Waals surface area contributed by atoms with Gasteiger partial charge in [-0.25, -0.2) is 0 Å². The van der Waals surface area contributed by atoms with E-state index < -0.39 is 0 Å². The van der Waals surface area contributed by atoms with Crippen LogP contribution < -0.4 is 0 Å². The maximum absolute atomic E-state index is 4.39. The van der Waals surface area contributed by atoms with Crippen LogP contribution in [0.5, 0.6) is 0 Å². The highest BCUT2D eigenvalue weighted by Gasteiger charge is 2.26. The molecule has 0 heterocycles. The van der Waals surface area contributed by atoms with Crippen molar-refractivity contribution < 1.29 is 0 Å². The summed E-state index contributed by atoms with van der Waals surface area (Å²) in [5.41, 5.74) is 3.19. The summed E-state index contributed by atoms with van der Waals surface area (Å²) in [5.74, 6) is 0.683. The van der Waals surface area contributed by atoms with Crippen molar-refractivity contribution in [2.24, 2.45) is 10.2 Å². The quantitative estimate of drug-likeness (QED) is 0.646. The van der Waals surface area contributed by atoms with Crippen LogP contribution in [0.25, 0.3) is 0 Å². The molecule has 18 heavy (non-hydrogen) atoms. The van der Waals surface area contributed by atoms with Crippen molar-refractivity contribution in [3.8, 4) is 0 Å². The molecule has 0 saturated heterocycles. The average Bonchev–Trinajstić information content (AvgIpc) is 3.22. The van der Waals surface area contributed by atoms with Crippen LogP contribution in [-0.4, -0.2) is 0 Å². The van der Waals surface area contributed by atoms with Crippen LogP contribution in [0.3, 0.4) is 0 Å². The molecule has 3 heteroatoms. The van der Waals surface area contributed by atoms with Crippen molar-refractivity contribution in [1.29, 1.82) is 0 Å². The second-order valence-electron chi connectivity index (χ2n) is 4.51. The average molecular weight is 301 g/mol. The lowest BCUT2D eigenvalue weighted by atomic mass is 10.1. The van der Waals surface area contributed by atoms with Crippen LogP contribution in [0, 0.1) is 0 Å². The number of halogens is 1. The number of hydrogen-bond donors (Lipinski definition) is 0. The molecule has 2 aromatic rings. The largest absolute Gasteiger partial charge is 0.151 e. The fourth-order valence-electron chi connectivity index (χ4n) is 1.95. The van der Waals surface area contributed by atoms with E-state index in [-0.39, 0.29) is 0 Å². The minimum absolute atomic E-state index is 0.683. The molecule has 0 bridgehead atoms. The van der Waals surface area contributed by atoms with E-state index in [0.717, 1.165) is 15.8 Å². The van der Waals surface area contributed by atoms with Gasteiger partial charge in [-0.05, 0) is 48.6 Å². The maximum atomic E-state index is 4.39. The van der Waals surface area contributed by atoms with Crippen LogP contribution >= 0.6 is 15.9 Å². The van der Waals surface area contributed by atoms with Gasteiger partial charge in [0.2, 0.25) is 0 Å². The first-order valence-electron chi connectivity index (χ1n) is 6.09.